The number of rotatable bonds is 6. The first-order valence-corrected chi connectivity index (χ1v) is 11.0. The van der Waals surface area contributed by atoms with E-state index in [4.69, 9.17) is 4.74 Å². The zero-order valence-electron chi connectivity index (χ0n) is 17.4. The molecule has 3 rings (SSSR count). The molecular formula is C21H35IN4OS. The molecule has 158 valence electrons. The first-order chi connectivity index (χ1) is 13.1. The molecule has 2 saturated heterocycles. The van der Waals surface area contributed by atoms with Gasteiger partial charge >= 0.3 is 0 Å². The molecule has 0 aliphatic carbocycles. The van der Waals surface area contributed by atoms with E-state index in [-0.39, 0.29) is 29.5 Å². The second-order valence-corrected chi connectivity index (χ2v) is 9.13. The summed E-state index contributed by atoms with van der Waals surface area (Å²) < 4.78 is 5.49. The van der Waals surface area contributed by atoms with Crippen molar-refractivity contribution in [1.82, 2.24) is 15.1 Å². The maximum Gasteiger partial charge on any atom is 0.193 e. The van der Waals surface area contributed by atoms with Crippen molar-refractivity contribution in [2.75, 3.05) is 58.7 Å². The molecule has 2 heterocycles. The maximum atomic E-state index is 5.49. The number of aliphatic imine (C=N–C) groups is 1. The Bertz CT molecular complexity index is 608. The predicted octanol–water partition coefficient (Wildman–Crippen LogP) is 3.40. The average molecular weight is 519 g/mol. The number of ether oxygens (including phenoxy) is 1. The van der Waals surface area contributed by atoms with Gasteiger partial charge in [-0.2, -0.15) is 0 Å². The van der Waals surface area contributed by atoms with Gasteiger partial charge in [0.25, 0.3) is 0 Å². The fraction of sp³-hybridized carbons (Fsp3) is 0.667. The molecule has 2 aliphatic heterocycles. The van der Waals surface area contributed by atoms with Crippen LogP contribution in [0.2, 0.25) is 0 Å². The van der Waals surface area contributed by atoms with E-state index >= 15 is 0 Å². The number of benzene rings is 1. The first kappa shape index (κ1) is 23.8. The third kappa shape index (κ3) is 6.78. The number of hydrogen-bond donors (Lipinski definition) is 1. The molecule has 1 aromatic rings. The molecular weight excluding hydrogens is 483 g/mol. The molecule has 0 amide bonds. The van der Waals surface area contributed by atoms with Gasteiger partial charge in [-0.1, -0.05) is 18.2 Å². The number of likely N-dealkylation sites (tertiary alicyclic amines) is 1. The van der Waals surface area contributed by atoms with Crippen molar-refractivity contribution in [1.29, 1.82) is 0 Å². The molecule has 0 aromatic heterocycles. The van der Waals surface area contributed by atoms with Crippen molar-refractivity contribution in [3.8, 4) is 0 Å². The topological polar surface area (TPSA) is 40.1 Å². The highest BCUT2D eigenvalue weighted by molar-refractivity contribution is 14.0. The van der Waals surface area contributed by atoms with Crippen molar-refractivity contribution in [3.05, 3.63) is 30.3 Å². The minimum atomic E-state index is 0. The van der Waals surface area contributed by atoms with E-state index in [9.17, 15) is 0 Å². The van der Waals surface area contributed by atoms with Crippen LogP contribution in [-0.2, 0) is 4.74 Å². The molecule has 5 nitrogen and oxygen atoms in total. The SMILES string of the molecule is CN=C(NCC(C)(C)N1CCOCC1)N1CCC(CSc2ccccc2)C1.I. The number of halogens is 1. The van der Waals surface area contributed by atoms with E-state index in [1.807, 2.05) is 18.8 Å². The van der Waals surface area contributed by atoms with Crippen molar-refractivity contribution >= 4 is 41.7 Å². The Morgan fingerprint density at radius 2 is 1.93 bits per heavy atom. The van der Waals surface area contributed by atoms with Crippen LogP contribution < -0.4 is 5.32 Å². The number of thioether (sulfide) groups is 1. The van der Waals surface area contributed by atoms with Gasteiger partial charge in [-0.15, -0.1) is 35.7 Å². The standard InChI is InChI=1S/C21H34N4OS.HI/c1-21(2,25-11-13-26-14-12-25)17-23-20(22-3)24-10-9-18(15-24)16-27-19-7-5-4-6-8-19;/h4-8,18H,9-17H2,1-3H3,(H,22,23);1H. The Labute approximate surface area is 191 Å². The molecule has 0 bridgehead atoms. The van der Waals surface area contributed by atoms with Gasteiger partial charge in [0.1, 0.15) is 0 Å². The smallest absolute Gasteiger partial charge is 0.193 e. The van der Waals surface area contributed by atoms with Crippen LogP contribution in [0.25, 0.3) is 0 Å². The number of morpholine rings is 1. The maximum absolute atomic E-state index is 5.49. The Morgan fingerprint density at radius 3 is 2.61 bits per heavy atom. The minimum Gasteiger partial charge on any atom is -0.379 e. The van der Waals surface area contributed by atoms with E-state index < -0.39 is 0 Å². The van der Waals surface area contributed by atoms with Gasteiger partial charge in [0.15, 0.2) is 5.96 Å². The molecule has 7 heteroatoms. The number of nitrogens with one attached hydrogen (secondary N) is 1. The highest BCUT2D eigenvalue weighted by Crippen LogP contribution is 2.26. The van der Waals surface area contributed by atoms with Gasteiger partial charge in [-0.05, 0) is 38.3 Å². The lowest BCUT2D eigenvalue weighted by atomic mass is 10.0. The normalized spacial score (nSPS) is 21.5. The molecule has 2 aliphatic rings. The van der Waals surface area contributed by atoms with Crippen LogP contribution in [0.1, 0.15) is 20.3 Å². The predicted molar refractivity (Wildman–Crippen MR) is 130 cm³/mol. The van der Waals surface area contributed by atoms with Gasteiger partial charge in [0, 0.05) is 56.0 Å². The zero-order chi connectivity index (χ0) is 19.1. The summed E-state index contributed by atoms with van der Waals surface area (Å²) in [7, 11) is 1.90. The van der Waals surface area contributed by atoms with Crippen LogP contribution in [0.15, 0.2) is 40.2 Å². The van der Waals surface area contributed by atoms with Crippen molar-refractivity contribution < 1.29 is 4.74 Å². The summed E-state index contributed by atoms with van der Waals surface area (Å²) in [5, 5.41) is 3.63. The minimum absolute atomic E-state index is 0. The second-order valence-electron chi connectivity index (χ2n) is 8.04. The van der Waals surface area contributed by atoms with Crippen molar-refractivity contribution in [2.24, 2.45) is 10.9 Å². The Hall–Kier alpha value is -0.510. The van der Waals surface area contributed by atoms with E-state index in [1.54, 1.807) is 0 Å². The lowest BCUT2D eigenvalue weighted by molar-refractivity contribution is -0.00846. The number of hydrogen-bond acceptors (Lipinski definition) is 4. The van der Waals surface area contributed by atoms with E-state index in [2.05, 4.69) is 64.3 Å². The lowest BCUT2D eigenvalue weighted by Crippen LogP contribution is -2.56. The van der Waals surface area contributed by atoms with Gasteiger partial charge in [0.2, 0.25) is 0 Å². The Morgan fingerprint density at radius 1 is 1.21 bits per heavy atom. The number of guanidine groups is 1. The lowest BCUT2D eigenvalue weighted by Gasteiger charge is -2.41. The van der Waals surface area contributed by atoms with Crippen LogP contribution in [-0.4, -0.2) is 80.0 Å². The summed E-state index contributed by atoms with van der Waals surface area (Å²) in [6.07, 6.45) is 1.24. The van der Waals surface area contributed by atoms with Crippen LogP contribution >= 0.6 is 35.7 Å². The summed E-state index contributed by atoms with van der Waals surface area (Å²) in [5.41, 5.74) is 0.0992. The number of nitrogens with zero attached hydrogens (tertiary/aromatic N) is 3. The monoisotopic (exact) mass is 518 g/mol. The van der Waals surface area contributed by atoms with Crippen molar-refractivity contribution in [2.45, 2.75) is 30.7 Å². The average Bonchev–Trinajstić information content (AvgIpc) is 3.17. The molecule has 1 atom stereocenters. The van der Waals surface area contributed by atoms with Gasteiger partial charge in [-0.25, -0.2) is 0 Å². The van der Waals surface area contributed by atoms with Crippen molar-refractivity contribution in [3.63, 3.8) is 0 Å². The molecule has 1 aromatic carbocycles. The fourth-order valence-electron chi connectivity index (χ4n) is 3.80. The van der Waals surface area contributed by atoms with E-state index in [0.29, 0.717) is 0 Å². The summed E-state index contributed by atoms with van der Waals surface area (Å²) in [6, 6.07) is 10.7. The van der Waals surface area contributed by atoms with Crippen LogP contribution in [0, 0.1) is 5.92 Å². The van der Waals surface area contributed by atoms with Crippen LogP contribution in [0.3, 0.4) is 0 Å². The summed E-state index contributed by atoms with van der Waals surface area (Å²) >= 11 is 1.97. The molecule has 0 radical (unpaired) electrons. The third-order valence-corrected chi connectivity index (χ3v) is 6.82. The zero-order valence-corrected chi connectivity index (χ0v) is 20.5. The first-order valence-electron chi connectivity index (χ1n) is 10.0. The highest BCUT2D eigenvalue weighted by Gasteiger charge is 2.30. The van der Waals surface area contributed by atoms with Crippen LogP contribution in [0.5, 0.6) is 0 Å². The molecule has 1 N–H and O–H groups in total. The Kier molecular flexibility index (Phi) is 9.86. The molecule has 28 heavy (non-hydrogen) atoms. The third-order valence-electron chi connectivity index (χ3n) is 5.57. The van der Waals surface area contributed by atoms with Crippen LogP contribution in [0.4, 0.5) is 0 Å². The van der Waals surface area contributed by atoms with Gasteiger partial charge in [-0.3, -0.25) is 9.89 Å². The fourth-order valence-corrected chi connectivity index (χ4v) is 4.85. The van der Waals surface area contributed by atoms with E-state index in [1.165, 1.54) is 17.1 Å². The largest absolute Gasteiger partial charge is 0.379 e. The second kappa shape index (κ2) is 11.6. The van der Waals surface area contributed by atoms with Gasteiger partial charge < -0.3 is 15.0 Å². The molecule has 2 fully saturated rings. The molecule has 1 unspecified atom stereocenters. The molecule has 0 saturated carbocycles. The summed E-state index contributed by atoms with van der Waals surface area (Å²) in [4.78, 5) is 10.9. The summed E-state index contributed by atoms with van der Waals surface area (Å²) in [5.74, 6) is 2.95. The Balaban J connectivity index is 0.00000280. The summed E-state index contributed by atoms with van der Waals surface area (Å²) in [6.45, 7) is 11.4. The van der Waals surface area contributed by atoms with E-state index in [0.717, 1.165) is 57.8 Å². The quantitative estimate of drug-likeness (QED) is 0.271. The highest BCUT2D eigenvalue weighted by atomic mass is 127. The van der Waals surface area contributed by atoms with Gasteiger partial charge in [0.05, 0.1) is 13.2 Å². The molecule has 0 spiro atoms.